The Labute approximate surface area is 182 Å². The van der Waals surface area contributed by atoms with Crippen LogP contribution in [0.3, 0.4) is 0 Å². The van der Waals surface area contributed by atoms with Crippen LogP contribution in [0, 0.1) is 12.7 Å². The molecule has 0 fully saturated rings. The molecule has 10 heteroatoms. The molecule has 2 aromatic heterocycles. The van der Waals surface area contributed by atoms with Crippen LogP contribution in [0.5, 0.6) is 0 Å². The van der Waals surface area contributed by atoms with Gasteiger partial charge in [0, 0.05) is 17.0 Å². The number of nitrogens with one attached hydrogen (secondary N) is 1. The zero-order valence-electron chi connectivity index (χ0n) is 16.8. The van der Waals surface area contributed by atoms with E-state index in [0.717, 1.165) is 3.97 Å². The molecule has 0 aliphatic heterocycles. The third-order valence-electron chi connectivity index (χ3n) is 4.73. The van der Waals surface area contributed by atoms with Crippen LogP contribution >= 0.6 is 0 Å². The summed E-state index contributed by atoms with van der Waals surface area (Å²) in [6.45, 7) is 1.45. The Balaban J connectivity index is 1.89. The minimum atomic E-state index is -4.08. The number of halogens is 1. The molecule has 2 heterocycles. The fourth-order valence-corrected chi connectivity index (χ4v) is 4.87. The number of aromatic nitrogens is 2. The van der Waals surface area contributed by atoms with E-state index in [4.69, 9.17) is 9.63 Å². The van der Waals surface area contributed by atoms with E-state index in [1.54, 1.807) is 37.3 Å². The van der Waals surface area contributed by atoms with Gasteiger partial charge in [-0.3, -0.25) is 0 Å². The Hall–Kier alpha value is -3.92. The number of hydrogen-bond acceptors (Lipinski definition) is 5. The van der Waals surface area contributed by atoms with E-state index in [2.05, 4.69) is 10.5 Å². The molecule has 0 saturated heterocycles. The molecule has 8 nitrogen and oxygen atoms in total. The van der Waals surface area contributed by atoms with Crippen molar-refractivity contribution in [2.24, 2.45) is 0 Å². The molecule has 32 heavy (non-hydrogen) atoms. The number of nitrogens with zero attached hydrogens (tertiary/aromatic N) is 2. The van der Waals surface area contributed by atoms with Crippen LogP contribution in [0.2, 0.25) is 0 Å². The van der Waals surface area contributed by atoms with Crippen LogP contribution in [0.4, 0.5) is 9.18 Å². The summed E-state index contributed by atoms with van der Waals surface area (Å²) >= 11 is 0. The lowest BCUT2D eigenvalue weighted by Gasteiger charge is -2.12. The maximum atomic E-state index is 14.7. The summed E-state index contributed by atoms with van der Waals surface area (Å²) in [6, 6.07) is 13.5. The van der Waals surface area contributed by atoms with Crippen LogP contribution in [0.25, 0.3) is 23.1 Å². The van der Waals surface area contributed by atoms with E-state index in [0.29, 0.717) is 16.8 Å². The van der Waals surface area contributed by atoms with Gasteiger partial charge < -0.3 is 14.9 Å². The van der Waals surface area contributed by atoms with Crippen LogP contribution in [-0.4, -0.2) is 28.7 Å². The number of amides is 1. The SMILES string of the molecule is Cc1cc(/C=C/c2cc3c(cc2F)cc(CNC(=O)O)n3S(=O)(=O)c2ccccc2)no1. The van der Waals surface area contributed by atoms with Crippen molar-refractivity contribution >= 4 is 39.2 Å². The summed E-state index contributed by atoms with van der Waals surface area (Å²) in [6.07, 6.45) is 1.71. The number of hydrogen-bond donors (Lipinski definition) is 2. The Bertz CT molecular complexity index is 1440. The van der Waals surface area contributed by atoms with E-state index in [1.807, 2.05) is 0 Å². The van der Waals surface area contributed by atoms with Gasteiger partial charge in [-0.05, 0) is 49.4 Å². The second-order valence-corrected chi connectivity index (χ2v) is 8.79. The molecule has 0 bridgehead atoms. The lowest BCUT2D eigenvalue weighted by Crippen LogP contribution is -2.24. The molecule has 0 unspecified atom stereocenters. The summed E-state index contributed by atoms with van der Waals surface area (Å²) in [4.78, 5) is 11.0. The minimum absolute atomic E-state index is 0.0218. The van der Waals surface area contributed by atoms with Crippen LogP contribution in [-0.2, 0) is 16.6 Å². The lowest BCUT2D eigenvalue weighted by molar-refractivity contribution is 0.193. The number of aryl methyl sites for hydroxylation is 1. The molecule has 0 aliphatic rings. The molecule has 0 saturated carbocycles. The number of carbonyl (C=O) groups is 1. The fourth-order valence-electron chi connectivity index (χ4n) is 3.32. The number of fused-ring (bicyclic) bond motifs is 1. The standard InChI is InChI=1S/C22H18FN3O5S/c1-14-9-17(25-31-14)8-7-15-12-21-16(11-20(15)23)10-18(13-24-22(27)28)26(21)32(29,30)19-5-3-2-4-6-19/h2-12,24H,13H2,1H3,(H,27,28)/b8-7+. The highest BCUT2D eigenvalue weighted by molar-refractivity contribution is 7.90. The van der Waals surface area contributed by atoms with Gasteiger partial charge in [-0.15, -0.1) is 0 Å². The van der Waals surface area contributed by atoms with Crippen LogP contribution in [0.1, 0.15) is 22.7 Å². The van der Waals surface area contributed by atoms with E-state index < -0.39 is 21.9 Å². The molecule has 2 aromatic carbocycles. The van der Waals surface area contributed by atoms with Gasteiger partial charge in [0.15, 0.2) is 0 Å². The monoisotopic (exact) mass is 455 g/mol. The van der Waals surface area contributed by atoms with Gasteiger partial charge in [-0.2, -0.15) is 0 Å². The van der Waals surface area contributed by atoms with Crippen molar-refractivity contribution in [2.45, 2.75) is 18.4 Å². The third-order valence-corrected chi connectivity index (χ3v) is 6.51. The molecule has 4 aromatic rings. The minimum Gasteiger partial charge on any atom is -0.465 e. The highest BCUT2D eigenvalue weighted by Crippen LogP contribution is 2.29. The molecule has 1 amide bonds. The largest absolute Gasteiger partial charge is 0.465 e. The van der Waals surface area contributed by atoms with Crippen molar-refractivity contribution in [1.29, 1.82) is 0 Å². The van der Waals surface area contributed by atoms with Crippen LogP contribution in [0.15, 0.2) is 64.0 Å². The second-order valence-electron chi connectivity index (χ2n) is 7.01. The third kappa shape index (κ3) is 4.12. The van der Waals surface area contributed by atoms with Gasteiger partial charge >= 0.3 is 6.09 Å². The molecule has 164 valence electrons. The maximum Gasteiger partial charge on any atom is 0.404 e. The summed E-state index contributed by atoms with van der Waals surface area (Å²) in [5, 5.41) is 15.3. The van der Waals surface area contributed by atoms with E-state index in [-0.39, 0.29) is 28.2 Å². The normalized spacial score (nSPS) is 11.9. The van der Waals surface area contributed by atoms with E-state index >= 15 is 0 Å². The summed E-state index contributed by atoms with van der Waals surface area (Å²) in [7, 11) is -4.08. The first-order valence-electron chi connectivity index (χ1n) is 9.48. The average molecular weight is 455 g/mol. The van der Waals surface area contributed by atoms with Gasteiger partial charge in [0.2, 0.25) is 0 Å². The second kappa shape index (κ2) is 8.31. The van der Waals surface area contributed by atoms with Gasteiger partial charge in [0.05, 0.1) is 22.7 Å². The average Bonchev–Trinajstić information content (AvgIpc) is 3.34. The van der Waals surface area contributed by atoms with Gasteiger partial charge in [-0.25, -0.2) is 21.6 Å². The Kier molecular flexibility index (Phi) is 5.54. The molecule has 0 atom stereocenters. The number of carboxylic acid groups (broad SMARTS) is 1. The summed E-state index contributed by atoms with van der Waals surface area (Å²) < 4.78 is 47.6. The molecule has 0 spiro atoms. The molecular weight excluding hydrogens is 437 g/mol. The predicted octanol–water partition coefficient (Wildman–Crippen LogP) is 4.25. The highest BCUT2D eigenvalue weighted by atomic mass is 32.2. The topological polar surface area (TPSA) is 114 Å². The van der Waals surface area contributed by atoms with E-state index in [9.17, 15) is 17.6 Å². The van der Waals surface area contributed by atoms with Crippen molar-refractivity contribution < 1.29 is 27.2 Å². The zero-order valence-corrected chi connectivity index (χ0v) is 17.6. The molecule has 0 aliphatic carbocycles. The first-order valence-corrected chi connectivity index (χ1v) is 10.9. The smallest absolute Gasteiger partial charge is 0.404 e. The first-order chi connectivity index (χ1) is 15.3. The van der Waals surface area contributed by atoms with Crippen molar-refractivity contribution in [3.05, 3.63) is 83.1 Å². The van der Waals surface area contributed by atoms with Crippen LogP contribution < -0.4 is 5.32 Å². The molecule has 4 rings (SSSR count). The first kappa shape index (κ1) is 21.3. The van der Waals surface area contributed by atoms with Crippen molar-refractivity contribution in [2.75, 3.05) is 0 Å². The van der Waals surface area contributed by atoms with Crippen molar-refractivity contribution in [3.63, 3.8) is 0 Å². The fraction of sp³-hybridized carbons (Fsp3) is 0.0909. The van der Waals surface area contributed by atoms with Gasteiger partial charge in [0.25, 0.3) is 10.0 Å². The van der Waals surface area contributed by atoms with Gasteiger partial charge in [-0.1, -0.05) is 23.4 Å². The Morgan fingerprint density at radius 1 is 1.19 bits per heavy atom. The van der Waals surface area contributed by atoms with Gasteiger partial charge in [0.1, 0.15) is 17.3 Å². The summed E-state index contributed by atoms with van der Waals surface area (Å²) in [5.41, 5.74) is 0.992. The summed E-state index contributed by atoms with van der Waals surface area (Å²) in [5.74, 6) is 0.0277. The maximum absolute atomic E-state index is 14.7. The number of benzene rings is 2. The Morgan fingerprint density at radius 2 is 1.94 bits per heavy atom. The molecular formula is C22H18FN3O5S. The quantitative estimate of drug-likeness (QED) is 0.449. The zero-order chi connectivity index (χ0) is 22.9. The van der Waals surface area contributed by atoms with E-state index in [1.165, 1.54) is 36.4 Å². The van der Waals surface area contributed by atoms with Crippen molar-refractivity contribution in [3.8, 4) is 0 Å². The predicted molar refractivity (Wildman–Crippen MR) is 116 cm³/mol. The molecule has 2 N–H and O–H groups in total. The lowest BCUT2D eigenvalue weighted by atomic mass is 10.1. The Morgan fingerprint density at radius 3 is 2.59 bits per heavy atom. The van der Waals surface area contributed by atoms with Crippen molar-refractivity contribution in [1.82, 2.24) is 14.4 Å². The highest BCUT2D eigenvalue weighted by Gasteiger charge is 2.24. The molecule has 0 radical (unpaired) electrons. The number of rotatable bonds is 6.